The molecule has 1 aromatic rings. The van der Waals surface area contributed by atoms with E-state index in [4.69, 9.17) is 0 Å². The second-order valence-corrected chi connectivity index (χ2v) is 6.36. The average Bonchev–Trinajstić information content (AvgIpc) is 2.50. The molecule has 1 N–H and O–H groups in total. The lowest BCUT2D eigenvalue weighted by atomic mass is 9.95. The van der Waals surface area contributed by atoms with Crippen LogP contribution in [0.25, 0.3) is 0 Å². The summed E-state index contributed by atoms with van der Waals surface area (Å²) in [7, 11) is 2.13. The molecule has 1 fully saturated rings. The first-order valence-electron chi connectivity index (χ1n) is 8.19. The van der Waals surface area contributed by atoms with E-state index in [-0.39, 0.29) is 5.91 Å². The maximum Gasteiger partial charge on any atom is 0.251 e. The lowest BCUT2D eigenvalue weighted by Crippen LogP contribution is -2.43. The van der Waals surface area contributed by atoms with Gasteiger partial charge in [-0.15, -0.1) is 0 Å². The Morgan fingerprint density at radius 1 is 1.29 bits per heavy atom. The summed E-state index contributed by atoms with van der Waals surface area (Å²) in [6, 6.07) is 8.46. The minimum Gasteiger partial charge on any atom is -0.349 e. The molecule has 1 saturated heterocycles. The van der Waals surface area contributed by atoms with Gasteiger partial charge in [-0.2, -0.15) is 0 Å². The zero-order valence-corrected chi connectivity index (χ0v) is 13.6. The van der Waals surface area contributed by atoms with E-state index in [1.54, 1.807) is 0 Å². The summed E-state index contributed by atoms with van der Waals surface area (Å²) in [6.07, 6.45) is 4.49. The van der Waals surface area contributed by atoms with Crippen molar-refractivity contribution >= 4 is 5.91 Å². The van der Waals surface area contributed by atoms with Crippen molar-refractivity contribution in [3.8, 4) is 0 Å². The van der Waals surface area contributed by atoms with Gasteiger partial charge in [0.25, 0.3) is 5.91 Å². The first-order valence-corrected chi connectivity index (χ1v) is 8.19. The highest BCUT2D eigenvalue weighted by Gasteiger charge is 2.19. The molecule has 0 bridgehead atoms. The van der Waals surface area contributed by atoms with Gasteiger partial charge in [0.1, 0.15) is 0 Å². The van der Waals surface area contributed by atoms with Crippen molar-refractivity contribution in [2.45, 2.75) is 51.5 Å². The fraction of sp³-hybridized carbons (Fsp3) is 0.611. The van der Waals surface area contributed by atoms with Crippen LogP contribution in [-0.2, 0) is 0 Å². The minimum atomic E-state index is 0.0687. The normalized spacial score (nSPS) is 18.4. The van der Waals surface area contributed by atoms with Gasteiger partial charge in [0.2, 0.25) is 0 Å². The quantitative estimate of drug-likeness (QED) is 0.900. The van der Waals surface area contributed by atoms with Gasteiger partial charge in [0.05, 0.1) is 0 Å². The third-order valence-electron chi connectivity index (χ3n) is 4.52. The fourth-order valence-electron chi connectivity index (χ4n) is 2.98. The molecule has 116 valence electrons. The number of amides is 1. The Kier molecular flexibility index (Phi) is 5.80. The van der Waals surface area contributed by atoms with E-state index < -0.39 is 0 Å². The summed E-state index contributed by atoms with van der Waals surface area (Å²) >= 11 is 0. The monoisotopic (exact) mass is 288 g/mol. The number of nitrogens with zero attached hydrogens (tertiary/aromatic N) is 1. The number of benzene rings is 1. The third-order valence-corrected chi connectivity index (χ3v) is 4.52. The highest BCUT2D eigenvalue weighted by atomic mass is 16.1. The maximum atomic E-state index is 12.3. The molecule has 0 saturated carbocycles. The second kappa shape index (κ2) is 7.60. The summed E-state index contributed by atoms with van der Waals surface area (Å²) in [5, 5.41) is 3.16. The van der Waals surface area contributed by atoms with Crippen LogP contribution in [0.4, 0.5) is 0 Å². The molecule has 0 aliphatic carbocycles. The highest BCUT2D eigenvalue weighted by molar-refractivity contribution is 5.94. The van der Waals surface area contributed by atoms with Crippen LogP contribution in [-0.4, -0.2) is 37.0 Å². The smallest absolute Gasteiger partial charge is 0.251 e. The van der Waals surface area contributed by atoms with Crippen LogP contribution in [0.1, 0.15) is 61.4 Å². The molecule has 1 atom stereocenters. The molecule has 3 heteroatoms. The molecule has 1 amide bonds. The van der Waals surface area contributed by atoms with Crippen LogP contribution >= 0.6 is 0 Å². The standard InChI is InChI=1S/C18H28N2O/c1-4-5-14(2)15-6-8-16(9-7-15)18(21)19-17-10-12-20(3)13-11-17/h6-9,14,17H,4-5,10-13H2,1-3H3,(H,19,21). The zero-order chi connectivity index (χ0) is 15.2. The molecule has 21 heavy (non-hydrogen) atoms. The molecule has 1 unspecified atom stereocenters. The molecule has 0 spiro atoms. The van der Waals surface area contributed by atoms with Crippen LogP contribution in [0.5, 0.6) is 0 Å². The SMILES string of the molecule is CCCC(C)c1ccc(C(=O)NC2CCN(C)CC2)cc1. The van der Waals surface area contributed by atoms with Gasteiger partial charge in [-0.25, -0.2) is 0 Å². The lowest BCUT2D eigenvalue weighted by Gasteiger charge is -2.29. The van der Waals surface area contributed by atoms with E-state index in [1.165, 1.54) is 18.4 Å². The van der Waals surface area contributed by atoms with Gasteiger partial charge in [0.15, 0.2) is 0 Å². The van der Waals surface area contributed by atoms with E-state index >= 15 is 0 Å². The molecule has 1 aliphatic heterocycles. The van der Waals surface area contributed by atoms with Crippen LogP contribution in [0.15, 0.2) is 24.3 Å². The number of hydrogen-bond donors (Lipinski definition) is 1. The van der Waals surface area contributed by atoms with Gasteiger partial charge < -0.3 is 10.2 Å². The lowest BCUT2D eigenvalue weighted by molar-refractivity contribution is 0.0917. The van der Waals surface area contributed by atoms with Crippen molar-refractivity contribution in [2.75, 3.05) is 20.1 Å². The molecule has 0 aromatic heterocycles. The third kappa shape index (κ3) is 4.57. The van der Waals surface area contributed by atoms with E-state index in [0.717, 1.165) is 31.5 Å². The van der Waals surface area contributed by atoms with Gasteiger partial charge in [-0.1, -0.05) is 32.4 Å². The Labute approximate surface area is 128 Å². The second-order valence-electron chi connectivity index (χ2n) is 6.36. The number of piperidine rings is 1. The van der Waals surface area contributed by atoms with Crippen molar-refractivity contribution in [2.24, 2.45) is 0 Å². The van der Waals surface area contributed by atoms with E-state index in [9.17, 15) is 4.79 Å². The summed E-state index contributed by atoms with van der Waals surface area (Å²) in [4.78, 5) is 14.6. The van der Waals surface area contributed by atoms with Crippen molar-refractivity contribution in [3.63, 3.8) is 0 Å². The molecular formula is C18H28N2O. The molecule has 1 aliphatic rings. The van der Waals surface area contributed by atoms with Crippen LogP contribution in [0.3, 0.4) is 0 Å². The molecular weight excluding hydrogens is 260 g/mol. The first kappa shape index (κ1) is 16.0. The van der Waals surface area contributed by atoms with Crippen molar-refractivity contribution < 1.29 is 4.79 Å². The molecule has 3 nitrogen and oxygen atoms in total. The predicted molar refractivity (Wildman–Crippen MR) is 87.8 cm³/mol. The van der Waals surface area contributed by atoms with Crippen molar-refractivity contribution in [1.29, 1.82) is 0 Å². The van der Waals surface area contributed by atoms with Crippen molar-refractivity contribution in [3.05, 3.63) is 35.4 Å². The number of rotatable bonds is 5. The number of carbonyl (C=O) groups excluding carboxylic acids is 1. The first-order chi connectivity index (χ1) is 10.1. The highest BCUT2D eigenvalue weighted by Crippen LogP contribution is 2.20. The minimum absolute atomic E-state index is 0.0687. The summed E-state index contributed by atoms with van der Waals surface area (Å²) in [6.45, 7) is 6.59. The Balaban J connectivity index is 1.90. The van der Waals surface area contributed by atoms with E-state index in [0.29, 0.717) is 12.0 Å². The largest absolute Gasteiger partial charge is 0.349 e. The van der Waals surface area contributed by atoms with E-state index in [2.05, 4.69) is 43.2 Å². The van der Waals surface area contributed by atoms with Gasteiger partial charge in [-0.3, -0.25) is 4.79 Å². The number of likely N-dealkylation sites (tertiary alicyclic amines) is 1. The number of hydrogen-bond acceptors (Lipinski definition) is 2. The maximum absolute atomic E-state index is 12.3. The summed E-state index contributed by atoms with van der Waals surface area (Å²) < 4.78 is 0. The van der Waals surface area contributed by atoms with Crippen LogP contribution in [0, 0.1) is 0 Å². The van der Waals surface area contributed by atoms with Crippen molar-refractivity contribution in [1.82, 2.24) is 10.2 Å². The Bertz CT molecular complexity index is 447. The molecule has 2 rings (SSSR count). The Hall–Kier alpha value is -1.35. The zero-order valence-electron chi connectivity index (χ0n) is 13.6. The predicted octanol–water partition coefficient (Wildman–Crippen LogP) is 3.41. The van der Waals surface area contributed by atoms with E-state index in [1.807, 2.05) is 12.1 Å². The van der Waals surface area contributed by atoms with Gasteiger partial charge in [-0.05, 0) is 63.0 Å². The molecule has 1 aromatic carbocycles. The topological polar surface area (TPSA) is 32.3 Å². The van der Waals surface area contributed by atoms with Gasteiger partial charge >= 0.3 is 0 Å². The summed E-state index contributed by atoms with van der Waals surface area (Å²) in [5.74, 6) is 0.639. The molecule has 1 heterocycles. The average molecular weight is 288 g/mol. The fourth-order valence-corrected chi connectivity index (χ4v) is 2.98. The number of nitrogens with one attached hydrogen (secondary N) is 1. The van der Waals surface area contributed by atoms with Crippen LogP contribution < -0.4 is 5.32 Å². The summed E-state index contributed by atoms with van der Waals surface area (Å²) in [5.41, 5.74) is 2.11. The Morgan fingerprint density at radius 2 is 1.90 bits per heavy atom. The Morgan fingerprint density at radius 3 is 2.48 bits per heavy atom. The van der Waals surface area contributed by atoms with Crippen LogP contribution in [0.2, 0.25) is 0 Å². The number of carbonyl (C=O) groups is 1. The molecule has 0 radical (unpaired) electrons. The van der Waals surface area contributed by atoms with Gasteiger partial charge in [0, 0.05) is 11.6 Å².